The van der Waals surface area contributed by atoms with E-state index in [0.29, 0.717) is 0 Å². The van der Waals surface area contributed by atoms with Crippen LogP contribution < -0.4 is 4.90 Å². The summed E-state index contributed by atoms with van der Waals surface area (Å²) >= 11 is 0. The monoisotopic (exact) mass is 289 g/mol. The summed E-state index contributed by atoms with van der Waals surface area (Å²) in [5.41, 5.74) is 5.87. The summed E-state index contributed by atoms with van der Waals surface area (Å²) in [5.74, 6) is 0. The Morgan fingerprint density at radius 3 is 2.86 bits per heavy atom. The van der Waals surface area contributed by atoms with Crippen molar-refractivity contribution in [2.24, 2.45) is 5.16 Å². The zero-order valence-corrected chi connectivity index (χ0v) is 13.9. The van der Waals surface area contributed by atoms with Crippen molar-refractivity contribution >= 4 is 11.4 Å². The van der Waals surface area contributed by atoms with Gasteiger partial charge in [0.2, 0.25) is 0 Å². The molecule has 0 aromatic carbocycles. The van der Waals surface area contributed by atoms with Crippen molar-refractivity contribution in [3.05, 3.63) is 23.0 Å². The largest absolute Gasteiger partial charge is 0.391 e. The maximum Gasteiger partial charge on any atom is 0.142 e. The van der Waals surface area contributed by atoms with Crippen LogP contribution in [-0.2, 0) is 11.3 Å². The van der Waals surface area contributed by atoms with Gasteiger partial charge in [-0.2, -0.15) is 0 Å². The van der Waals surface area contributed by atoms with Crippen LogP contribution in [0, 0.1) is 13.8 Å². The van der Waals surface area contributed by atoms with Gasteiger partial charge in [-0.25, -0.2) is 0 Å². The Morgan fingerprint density at radius 2 is 2.14 bits per heavy atom. The van der Waals surface area contributed by atoms with Gasteiger partial charge in [0.1, 0.15) is 6.10 Å². The number of anilines is 1. The summed E-state index contributed by atoms with van der Waals surface area (Å²) in [4.78, 5) is 12.7. The van der Waals surface area contributed by atoms with Crippen molar-refractivity contribution < 1.29 is 4.84 Å². The molecule has 0 N–H and O–H groups in total. The highest BCUT2D eigenvalue weighted by Crippen LogP contribution is 2.27. The second-order valence-electron chi connectivity index (χ2n) is 6.21. The van der Waals surface area contributed by atoms with E-state index in [1.54, 1.807) is 0 Å². The Kier molecular flexibility index (Phi) is 5.21. The molecule has 4 nitrogen and oxygen atoms in total. The molecule has 21 heavy (non-hydrogen) atoms. The SMILES string of the molecule is CC(C)=NO[C@H](C)CN1CCCCc2nc(C)c(C)cc21. The molecule has 0 saturated heterocycles. The summed E-state index contributed by atoms with van der Waals surface area (Å²) in [5, 5.41) is 4.08. The van der Waals surface area contributed by atoms with Crippen molar-refractivity contribution in [3.8, 4) is 0 Å². The number of rotatable bonds is 4. The van der Waals surface area contributed by atoms with Gasteiger partial charge >= 0.3 is 0 Å². The van der Waals surface area contributed by atoms with Gasteiger partial charge in [-0.05, 0) is 65.5 Å². The number of nitrogens with zero attached hydrogens (tertiary/aromatic N) is 3. The highest BCUT2D eigenvalue weighted by Gasteiger charge is 2.20. The van der Waals surface area contributed by atoms with Crippen LogP contribution in [0.15, 0.2) is 11.2 Å². The number of pyridine rings is 1. The van der Waals surface area contributed by atoms with Gasteiger partial charge in [0.05, 0.1) is 23.6 Å². The molecule has 0 aliphatic carbocycles. The van der Waals surface area contributed by atoms with Crippen molar-refractivity contribution in [1.82, 2.24) is 4.98 Å². The highest BCUT2D eigenvalue weighted by molar-refractivity contribution is 5.78. The fourth-order valence-electron chi connectivity index (χ4n) is 2.64. The Morgan fingerprint density at radius 1 is 1.38 bits per heavy atom. The topological polar surface area (TPSA) is 37.7 Å². The molecule has 0 radical (unpaired) electrons. The summed E-state index contributed by atoms with van der Waals surface area (Å²) in [6.45, 7) is 12.1. The Balaban J connectivity index is 2.17. The van der Waals surface area contributed by atoms with Gasteiger partial charge in [0.25, 0.3) is 0 Å². The predicted molar refractivity (Wildman–Crippen MR) is 88.2 cm³/mol. The van der Waals surface area contributed by atoms with Crippen LogP contribution in [-0.4, -0.2) is 29.9 Å². The van der Waals surface area contributed by atoms with Crippen LogP contribution >= 0.6 is 0 Å². The molecule has 0 amide bonds. The second kappa shape index (κ2) is 6.92. The van der Waals surface area contributed by atoms with Crippen LogP contribution in [0.3, 0.4) is 0 Å². The highest BCUT2D eigenvalue weighted by atomic mass is 16.6. The van der Waals surface area contributed by atoms with Gasteiger partial charge in [-0.15, -0.1) is 0 Å². The minimum Gasteiger partial charge on any atom is -0.391 e. The van der Waals surface area contributed by atoms with E-state index in [9.17, 15) is 0 Å². The molecule has 2 heterocycles. The lowest BCUT2D eigenvalue weighted by molar-refractivity contribution is 0.0768. The molecular weight excluding hydrogens is 262 g/mol. The van der Waals surface area contributed by atoms with Gasteiger partial charge in [0, 0.05) is 12.2 Å². The van der Waals surface area contributed by atoms with Crippen molar-refractivity contribution in [2.75, 3.05) is 18.0 Å². The zero-order valence-electron chi connectivity index (χ0n) is 13.9. The maximum atomic E-state index is 5.54. The van der Waals surface area contributed by atoms with Crippen molar-refractivity contribution in [3.63, 3.8) is 0 Å². The van der Waals surface area contributed by atoms with E-state index in [0.717, 1.165) is 30.9 Å². The minimum atomic E-state index is 0.0764. The lowest BCUT2D eigenvalue weighted by Crippen LogP contribution is -2.33. The van der Waals surface area contributed by atoms with Crippen LogP contribution in [0.4, 0.5) is 5.69 Å². The van der Waals surface area contributed by atoms with Gasteiger partial charge in [-0.1, -0.05) is 5.16 Å². The number of hydrogen-bond donors (Lipinski definition) is 0. The van der Waals surface area contributed by atoms with Crippen LogP contribution in [0.2, 0.25) is 0 Å². The van der Waals surface area contributed by atoms with E-state index in [-0.39, 0.29) is 6.10 Å². The van der Waals surface area contributed by atoms with Crippen LogP contribution in [0.1, 0.15) is 50.6 Å². The van der Waals surface area contributed by atoms with Crippen molar-refractivity contribution in [2.45, 2.75) is 60.0 Å². The first kappa shape index (κ1) is 15.8. The van der Waals surface area contributed by atoms with Crippen LogP contribution in [0.25, 0.3) is 0 Å². The quantitative estimate of drug-likeness (QED) is 0.627. The Hall–Kier alpha value is -1.58. The second-order valence-corrected chi connectivity index (χ2v) is 6.21. The van der Waals surface area contributed by atoms with E-state index >= 15 is 0 Å². The summed E-state index contributed by atoms with van der Waals surface area (Å²) in [6, 6.07) is 2.28. The standard InChI is InChI=1S/C17H27N3O/c1-12(2)19-21-14(4)11-20-9-7-6-8-16-17(20)10-13(3)15(5)18-16/h10,14H,6-9,11H2,1-5H3/t14-/m1/s1. The van der Waals surface area contributed by atoms with Gasteiger partial charge < -0.3 is 9.74 Å². The molecule has 4 heteroatoms. The lowest BCUT2D eigenvalue weighted by atomic mass is 10.1. The molecule has 0 unspecified atom stereocenters. The van der Waals surface area contributed by atoms with E-state index in [2.05, 4.69) is 36.9 Å². The zero-order chi connectivity index (χ0) is 15.4. The van der Waals surface area contributed by atoms with Gasteiger partial charge in [0.15, 0.2) is 0 Å². The van der Waals surface area contributed by atoms with Crippen molar-refractivity contribution in [1.29, 1.82) is 0 Å². The first-order valence-electron chi connectivity index (χ1n) is 7.86. The van der Waals surface area contributed by atoms with E-state index in [1.165, 1.54) is 29.8 Å². The van der Waals surface area contributed by atoms with Crippen LogP contribution in [0.5, 0.6) is 0 Å². The fourth-order valence-corrected chi connectivity index (χ4v) is 2.64. The average molecular weight is 289 g/mol. The third-order valence-electron chi connectivity index (χ3n) is 3.85. The number of aromatic nitrogens is 1. The molecule has 116 valence electrons. The molecule has 0 fully saturated rings. The molecule has 1 aromatic rings. The summed E-state index contributed by atoms with van der Waals surface area (Å²) in [6.07, 6.45) is 3.57. The molecule has 0 saturated carbocycles. The molecule has 2 rings (SSSR count). The average Bonchev–Trinajstić information content (AvgIpc) is 2.60. The molecule has 1 aliphatic rings. The fraction of sp³-hybridized carbons (Fsp3) is 0.647. The Bertz CT molecular complexity index is 521. The smallest absolute Gasteiger partial charge is 0.142 e. The van der Waals surface area contributed by atoms with E-state index in [4.69, 9.17) is 9.82 Å². The van der Waals surface area contributed by atoms with E-state index < -0.39 is 0 Å². The number of hydrogen-bond acceptors (Lipinski definition) is 4. The summed E-state index contributed by atoms with van der Waals surface area (Å²) in [7, 11) is 0. The third kappa shape index (κ3) is 4.19. The number of fused-ring (bicyclic) bond motifs is 1. The first-order valence-corrected chi connectivity index (χ1v) is 7.86. The molecule has 1 atom stereocenters. The lowest BCUT2D eigenvalue weighted by Gasteiger charge is -2.27. The number of aryl methyl sites for hydroxylation is 3. The van der Waals surface area contributed by atoms with Gasteiger partial charge in [-0.3, -0.25) is 4.98 Å². The molecule has 0 spiro atoms. The molecule has 1 aliphatic heterocycles. The third-order valence-corrected chi connectivity index (χ3v) is 3.85. The van der Waals surface area contributed by atoms with E-state index in [1.807, 2.05) is 13.8 Å². The minimum absolute atomic E-state index is 0.0764. The maximum absolute atomic E-state index is 5.54. The summed E-state index contributed by atoms with van der Waals surface area (Å²) < 4.78 is 0. The Labute approximate surface area is 128 Å². The predicted octanol–water partition coefficient (Wildman–Crippen LogP) is 3.64. The normalized spacial score (nSPS) is 16.0. The number of oxime groups is 1. The molecule has 1 aromatic heterocycles. The molecular formula is C17H27N3O. The molecule has 0 bridgehead atoms. The first-order chi connectivity index (χ1) is 9.97.